The molecule has 2 saturated carbocycles. The van der Waals surface area contributed by atoms with Crippen LogP contribution < -0.4 is 10.9 Å². The monoisotopic (exact) mass is 362 g/mol. The summed E-state index contributed by atoms with van der Waals surface area (Å²) >= 11 is 0. The summed E-state index contributed by atoms with van der Waals surface area (Å²) in [6.07, 6.45) is 6.45. The lowest BCUT2D eigenvalue weighted by atomic mass is 9.67. The molecule has 0 radical (unpaired) electrons. The lowest BCUT2D eigenvalue weighted by molar-refractivity contribution is -0.147. The third-order valence-electron chi connectivity index (χ3n) is 6.91. The van der Waals surface area contributed by atoms with Gasteiger partial charge in [0.05, 0.1) is 5.92 Å². The number of carbonyl (C=O) groups excluding carboxylic acids is 1. The summed E-state index contributed by atoms with van der Waals surface area (Å²) in [7, 11) is 0. The van der Waals surface area contributed by atoms with Gasteiger partial charge in [-0.15, -0.1) is 0 Å². The van der Waals surface area contributed by atoms with Gasteiger partial charge in [-0.05, 0) is 48.8 Å². The number of likely N-dealkylation sites (tertiary alicyclic amines) is 1. The number of aromatic nitrogens is 1. The van der Waals surface area contributed by atoms with Crippen molar-refractivity contribution in [2.45, 2.75) is 49.6 Å². The molecule has 0 aromatic carbocycles. The van der Waals surface area contributed by atoms with Gasteiger partial charge in [-0.3, -0.25) is 20.6 Å². The fourth-order valence-corrected chi connectivity index (χ4v) is 5.35. The van der Waals surface area contributed by atoms with E-state index < -0.39 is 11.8 Å². The maximum absolute atomic E-state index is 13.5. The van der Waals surface area contributed by atoms with Gasteiger partial charge in [-0.2, -0.15) is 0 Å². The second-order valence-corrected chi connectivity index (χ2v) is 8.33. The number of carbonyl (C=O) groups is 1. The molecular formula is C19H24F2N4O. The van der Waals surface area contributed by atoms with Gasteiger partial charge in [0.1, 0.15) is 0 Å². The number of hydrazine groups is 1. The summed E-state index contributed by atoms with van der Waals surface area (Å²) in [6, 6.07) is 4.24. The number of nitrogens with one attached hydrogen (secondary N) is 2. The van der Waals surface area contributed by atoms with Crippen LogP contribution >= 0.6 is 0 Å². The normalized spacial score (nSPS) is 40.8. The Bertz CT molecular complexity index is 700. The Morgan fingerprint density at radius 3 is 2.77 bits per heavy atom. The van der Waals surface area contributed by atoms with Crippen molar-refractivity contribution in [3.05, 3.63) is 30.1 Å². The summed E-state index contributed by atoms with van der Waals surface area (Å²) in [6.45, 7) is 0.803. The molecule has 6 unspecified atom stereocenters. The number of nitrogens with zero attached hydrogens (tertiary/aromatic N) is 2. The Balaban J connectivity index is 1.42. The predicted molar refractivity (Wildman–Crippen MR) is 91.3 cm³/mol. The molecule has 7 heteroatoms. The van der Waals surface area contributed by atoms with Gasteiger partial charge in [-0.25, -0.2) is 8.78 Å². The predicted octanol–water partition coefficient (Wildman–Crippen LogP) is 1.92. The second-order valence-electron chi connectivity index (χ2n) is 8.33. The van der Waals surface area contributed by atoms with Gasteiger partial charge in [0.25, 0.3) is 5.92 Å². The van der Waals surface area contributed by atoms with Crippen LogP contribution in [0.1, 0.15) is 37.2 Å². The first-order valence-corrected chi connectivity index (χ1v) is 9.61. The zero-order chi connectivity index (χ0) is 17.9. The van der Waals surface area contributed by atoms with Crippen molar-refractivity contribution in [3.8, 4) is 0 Å². The quantitative estimate of drug-likeness (QED) is 0.863. The molecule has 2 saturated heterocycles. The molecule has 0 spiro atoms. The van der Waals surface area contributed by atoms with E-state index in [9.17, 15) is 13.6 Å². The van der Waals surface area contributed by atoms with Crippen molar-refractivity contribution < 1.29 is 13.6 Å². The van der Waals surface area contributed by atoms with Gasteiger partial charge >= 0.3 is 0 Å². The average Bonchev–Trinajstić information content (AvgIpc) is 3.05. The van der Waals surface area contributed by atoms with Gasteiger partial charge < -0.3 is 4.90 Å². The highest BCUT2D eigenvalue weighted by atomic mass is 19.3. The number of hydrogen-bond donors (Lipinski definition) is 2. The van der Waals surface area contributed by atoms with Crippen molar-refractivity contribution >= 4 is 5.91 Å². The number of rotatable bonds is 3. The van der Waals surface area contributed by atoms with Crippen LogP contribution in [0.25, 0.3) is 0 Å². The van der Waals surface area contributed by atoms with E-state index >= 15 is 0 Å². The Kier molecular flexibility index (Phi) is 3.79. The number of hydrogen-bond acceptors (Lipinski definition) is 4. The number of amides is 1. The largest absolute Gasteiger partial charge is 0.339 e. The van der Waals surface area contributed by atoms with Crippen molar-refractivity contribution in [2.75, 3.05) is 13.1 Å². The van der Waals surface area contributed by atoms with E-state index in [0.717, 1.165) is 19.3 Å². The van der Waals surface area contributed by atoms with Crippen molar-refractivity contribution in [1.82, 2.24) is 20.7 Å². The first-order chi connectivity index (χ1) is 12.5. The Hall–Kier alpha value is -1.60. The summed E-state index contributed by atoms with van der Waals surface area (Å²) in [5, 5.41) is 0. The van der Waals surface area contributed by atoms with Gasteiger partial charge in [0.2, 0.25) is 5.91 Å². The number of fused-ring (bicyclic) bond motifs is 3. The lowest BCUT2D eigenvalue weighted by Crippen LogP contribution is -2.62. The van der Waals surface area contributed by atoms with E-state index in [1.807, 2.05) is 17.0 Å². The molecule has 3 heterocycles. The third-order valence-corrected chi connectivity index (χ3v) is 6.91. The number of piperidine rings is 1. The molecule has 2 N–H and O–H groups in total. The van der Waals surface area contributed by atoms with Crippen molar-refractivity contribution in [2.24, 2.45) is 17.8 Å². The topological polar surface area (TPSA) is 57.3 Å². The van der Waals surface area contributed by atoms with Crippen LogP contribution in [-0.4, -0.2) is 46.9 Å². The summed E-state index contributed by atoms with van der Waals surface area (Å²) in [5.41, 5.74) is 7.65. The Morgan fingerprint density at radius 2 is 2.04 bits per heavy atom. The van der Waals surface area contributed by atoms with Crippen LogP contribution in [0.2, 0.25) is 0 Å². The van der Waals surface area contributed by atoms with Crippen LogP contribution in [-0.2, 0) is 4.79 Å². The number of halogens is 2. The minimum atomic E-state index is -2.59. The Morgan fingerprint density at radius 1 is 1.27 bits per heavy atom. The number of alkyl halides is 2. The molecule has 140 valence electrons. The zero-order valence-electron chi connectivity index (χ0n) is 14.6. The molecule has 1 amide bonds. The van der Waals surface area contributed by atoms with E-state index in [-0.39, 0.29) is 36.9 Å². The molecule has 1 aromatic rings. The number of pyridine rings is 1. The van der Waals surface area contributed by atoms with Crippen molar-refractivity contribution in [1.29, 1.82) is 0 Å². The van der Waals surface area contributed by atoms with E-state index in [2.05, 4.69) is 15.8 Å². The fourth-order valence-electron chi connectivity index (χ4n) is 5.35. The minimum absolute atomic E-state index is 0.0412. The van der Waals surface area contributed by atoms with Crippen LogP contribution in [0, 0.1) is 17.8 Å². The van der Waals surface area contributed by atoms with E-state index in [0.29, 0.717) is 18.4 Å². The molecule has 26 heavy (non-hydrogen) atoms. The zero-order valence-corrected chi connectivity index (χ0v) is 14.6. The van der Waals surface area contributed by atoms with Gasteiger partial charge in [0.15, 0.2) is 0 Å². The second kappa shape index (κ2) is 5.96. The summed E-state index contributed by atoms with van der Waals surface area (Å²) < 4.78 is 27.1. The van der Waals surface area contributed by atoms with Crippen LogP contribution in [0.3, 0.4) is 0 Å². The molecule has 4 fully saturated rings. The first-order valence-electron chi connectivity index (χ1n) is 9.61. The molecule has 2 aliphatic heterocycles. The molecule has 4 aliphatic rings. The molecule has 2 aliphatic carbocycles. The standard InChI is InChI=1S/C19H24F2N4O/c20-19(21)8-13(19)10-25-16-7-12(11-3-5-22-6-4-11)1-2-14(16)17-15(18(25)26)9-23-24-17/h3-6,12-17,23-24H,1-2,7-10H2. The summed E-state index contributed by atoms with van der Waals surface area (Å²) in [4.78, 5) is 19.0. The average molecular weight is 362 g/mol. The highest BCUT2D eigenvalue weighted by molar-refractivity contribution is 5.82. The smallest absolute Gasteiger partial charge is 0.253 e. The molecular weight excluding hydrogens is 338 g/mol. The maximum atomic E-state index is 13.5. The van der Waals surface area contributed by atoms with Crippen molar-refractivity contribution in [3.63, 3.8) is 0 Å². The van der Waals surface area contributed by atoms with Crippen LogP contribution in [0.5, 0.6) is 0 Å². The molecule has 0 bridgehead atoms. The first kappa shape index (κ1) is 16.6. The highest BCUT2D eigenvalue weighted by Gasteiger charge is 2.60. The van der Waals surface area contributed by atoms with E-state index in [1.165, 1.54) is 5.56 Å². The van der Waals surface area contributed by atoms with E-state index in [1.54, 1.807) is 12.4 Å². The molecule has 1 aromatic heterocycles. The maximum Gasteiger partial charge on any atom is 0.253 e. The fraction of sp³-hybridized carbons (Fsp3) is 0.684. The highest BCUT2D eigenvalue weighted by Crippen LogP contribution is 2.51. The van der Waals surface area contributed by atoms with Crippen LogP contribution in [0.15, 0.2) is 24.5 Å². The SMILES string of the molecule is O=C1C2CNNC2C2CCC(c3ccncc3)CC2N1CC1CC1(F)F. The van der Waals surface area contributed by atoms with Crippen LogP contribution in [0.4, 0.5) is 8.78 Å². The van der Waals surface area contributed by atoms with Gasteiger partial charge in [-0.1, -0.05) is 0 Å². The molecule has 5 rings (SSSR count). The van der Waals surface area contributed by atoms with Gasteiger partial charge in [0, 0.05) is 49.9 Å². The lowest BCUT2D eigenvalue weighted by Gasteiger charge is -2.50. The Labute approximate surface area is 151 Å². The van der Waals surface area contributed by atoms with E-state index in [4.69, 9.17) is 0 Å². The third kappa shape index (κ3) is 2.63. The molecule has 5 nitrogen and oxygen atoms in total. The minimum Gasteiger partial charge on any atom is -0.339 e. The summed E-state index contributed by atoms with van der Waals surface area (Å²) in [5.74, 6) is -2.63. The molecule has 6 atom stereocenters.